The number of aromatic nitrogens is 1. The molecule has 3 amide bonds. The predicted octanol–water partition coefficient (Wildman–Crippen LogP) is 5.80. The number of benzene rings is 2. The summed E-state index contributed by atoms with van der Waals surface area (Å²) in [5, 5.41) is 12.1. The Labute approximate surface area is 214 Å². The lowest BCUT2D eigenvalue weighted by Gasteiger charge is -2.32. The molecule has 0 spiro atoms. The van der Waals surface area contributed by atoms with E-state index in [9.17, 15) is 9.59 Å². The fourth-order valence-electron chi connectivity index (χ4n) is 4.04. The van der Waals surface area contributed by atoms with Crippen LogP contribution in [0.25, 0.3) is 0 Å². The molecule has 2 aromatic carbocycles. The first-order valence-corrected chi connectivity index (χ1v) is 13.1. The van der Waals surface area contributed by atoms with Crippen LogP contribution in [0.15, 0.2) is 53.9 Å². The summed E-state index contributed by atoms with van der Waals surface area (Å²) < 4.78 is 5.72. The number of aryl methyl sites for hydroxylation is 1. The van der Waals surface area contributed by atoms with Gasteiger partial charge in [-0.25, -0.2) is 9.78 Å². The maximum atomic E-state index is 12.9. The molecule has 3 aromatic rings. The molecule has 0 radical (unpaired) electrons. The van der Waals surface area contributed by atoms with Gasteiger partial charge in [-0.15, -0.1) is 11.3 Å². The molecule has 184 valence electrons. The Hall–Kier alpha value is -3.10. The third-order valence-electron chi connectivity index (χ3n) is 5.98. The van der Waals surface area contributed by atoms with E-state index in [0.717, 1.165) is 37.8 Å². The molecule has 0 saturated heterocycles. The zero-order valence-electron chi connectivity index (χ0n) is 19.6. The smallest absolute Gasteiger partial charge is 0.319 e. The number of amides is 3. The standard InChI is InChI=1S/C26H29ClN4O3S/c1-2-17-7-11-19(12-8-17)28-26(33)31-22-6-4-3-5-21(22)30-25(32)23-16-35-24(29-23)15-34-20-13-9-18(27)10-14-20/h7-14,16,21-22H,2-6,15H2,1H3,(H,30,32)(H2,28,31,33)/t21-,22+/m0/s1. The molecule has 35 heavy (non-hydrogen) atoms. The second-order valence-corrected chi connectivity index (χ2v) is 9.87. The Balaban J connectivity index is 1.29. The normalized spacial score (nSPS) is 17.4. The van der Waals surface area contributed by atoms with Crippen molar-refractivity contribution in [2.24, 2.45) is 0 Å². The zero-order valence-corrected chi connectivity index (χ0v) is 21.1. The van der Waals surface area contributed by atoms with Gasteiger partial charge in [-0.05, 0) is 61.2 Å². The molecule has 1 heterocycles. The molecule has 0 unspecified atom stereocenters. The van der Waals surface area contributed by atoms with Gasteiger partial charge >= 0.3 is 6.03 Å². The van der Waals surface area contributed by atoms with Crippen molar-refractivity contribution in [1.29, 1.82) is 0 Å². The molecular formula is C26H29ClN4O3S. The van der Waals surface area contributed by atoms with Crippen molar-refractivity contribution in [3.05, 3.63) is 75.2 Å². The summed E-state index contributed by atoms with van der Waals surface area (Å²) in [4.78, 5) is 29.9. The first kappa shape index (κ1) is 25.0. The molecule has 1 fully saturated rings. The summed E-state index contributed by atoms with van der Waals surface area (Å²) in [5.41, 5.74) is 2.31. The first-order valence-electron chi connectivity index (χ1n) is 11.8. The molecule has 7 nitrogen and oxygen atoms in total. The van der Waals surface area contributed by atoms with Crippen LogP contribution in [0, 0.1) is 0 Å². The summed E-state index contributed by atoms with van der Waals surface area (Å²) in [6.45, 7) is 2.36. The average Bonchev–Trinajstić information content (AvgIpc) is 3.35. The van der Waals surface area contributed by atoms with Crippen LogP contribution in [0.5, 0.6) is 5.75 Å². The van der Waals surface area contributed by atoms with Crippen LogP contribution in [-0.4, -0.2) is 29.0 Å². The Morgan fingerprint density at radius 1 is 1.03 bits per heavy atom. The molecule has 9 heteroatoms. The van der Waals surface area contributed by atoms with Gasteiger partial charge in [0.1, 0.15) is 23.1 Å². The molecule has 1 aliphatic carbocycles. The largest absolute Gasteiger partial charge is 0.486 e. The number of anilines is 1. The first-order chi connectivity index (χ1) is 17.0. The molecular weight excluding hydrogens is 484 g/mol. The summed E-state index contributed by atoms with van der Waals surface area (Å²) >= 11 is 7.27. The molecule has 0 aliphatic heterocycles. The molecule has 0 bridgehead atoms. The fraction of sp³-hybridized carbons (Fsp3) is 0.346. The van der Waals surface area contributed by atoms with Gasteiger partial charge < -0.3 is 20.7 Å². The van der Waals surface area contributed by atoms with Crippen molar-refractivity contribution in [1.82, 2.24) is 15.6 Å². The highest BCUT2D eigenvalue weighted by Crippen LogP contribution is 2.21. The molecule has 2 atom stereocenters. The predicted molar refractivity (Wildman–Crippen MR) is 139 cm³/mol. The highest BCUT2D eigenvalue weighted by atomic mass is 35.5. The van der Waals surface area contributed by atoms with Crippen molar-refractivity contribution in [2.45, 2.75) is 57.7 Å². The zero-order chi connectivity index (χ0) is 24.6. The maximum Gasteiger partial charge on any atom is 0.319 e. The number of halogens is 1. The van der Waals surface area contributed by atoms with Crippen LogP contribution >= 0.6 is 22.9 Å². The van der Waals surface area contributed by atoms with Crippen LogP contribution < -0.4 is 20.7 Å². The van der Waals surface area contributed by atoms with E-state index >= 15 is 0 Å². The van der Waals surface area contributed by atoms with E-state index in [1.807, 2.05) is 24.3 Å². The number of nitrogens with one attached hydrogen (secondary N) is 3. The lowest BCUT2D eigenvalue weighted by molar-refractivity contribution is 0.0911. The van der Waals surface area contributed by atoms with Crippen molar-refractivity contribution < 1.29 is 14.3 Å². The lowest BCUT2D eigenvalue weighted by atomic mass is 9.90. The number of rotatable bonds is 8. The Morgan fingerprint density at radius 2 is 1.71 bits per heavy atom. The van der Waals surface area contributed by atoms with Gasteiger partial charge in [0, 0.05) is 22.1 Å². The van der Waals surface area contributed by atoms with Crippen LogP contribution in [0.3, 0.4) is 0 Å². The Morgan fingerprint density at radius 3 is 2.40 bits per heavy atom. The van der Waals surface area contributed by atoms with E-state index in [2.05, 4.69) is 27.9 Å². The second kappa shape index (κ2) is 12.0. The minimum atomic E-state index is -0.268. The van der Waals surface area contributed by atoms with Crippen LogP contribution in [0.1, 0.15) is 53.7 Å². The van der Waals surface area contributed by atoms with Gasteiger partial charge in [0.15, 0.2) is 0 Å². The fourth-order valence-corrected chi connectivity index (χ4v) is 4.85. The molecule has 4 rings (SSSR count). The minimum absolute atomic E-state index is 0.144. The number of hydrogen-bond acceptors (Lipinski definition) is 5. The summed E-state index contributed by atoms with van der Waals surface area (Å²) in [6, 6.07) is 14.3. The van der Waals surface area contributed by atoms with E-state index in [-0.39, 0.29) is 30.6 Å². The number of ether oxygens (including phenoxy) is 1. The van der Waals surface area contributed by atoms with Crippen LogP contribution in [0.2, 0.25) is 5.02 Å². The van der Waals surface area contributed by atoms with Gasteiger partial charge in [0.25, 0.3) is 5.91 Å². The van der Waals surface area contributed by atoms with Gasteiger partial charge in [0.2, 0.25) is 0 Å². The average molecular weight is 513 g/mol. The second-order valence-electron chi connectivity index (χ2n) is 8.49. The quantitative estimate of drug-likeness (QED) is 0.355. The van der Waals surface area contributed by atoms with Gasteiger partial charge in [-0.2, -0.15) is 0 Å². The van der Waals surface area contributed by atoms with E-state index in [4.69, 9.17) is 16.3 Å². The van der Waals surface area contributed by atoms with Crippen LogP contribution in [0.4, 0.5) is 10.5 Å². The summed E-state index contributed by atoms with van der Waals surface area (Å²) in [6.07, 6.45) is 4.57. The minimum Gasteiger partial charge on any atom is -0.486 e. The van der Waals surface area contributed by atoms with Crippen molar-refractivity contribution >= 4 is 40.6 Å². The number of urea groups is 1. The molecule has 1 aromatic heterocycles. The number of carbonyl (C=O) groups is 2. The number of hydrogen-bond donors (Lipinski definition) is 3. The molecule has 3 N–H and O–H groups in total. The SMILES string of the molecule is CCc1ccc(NC(=O)N[C@@H]2CCCC[C@@H]2NC(=O)c2csc(COc3ccc(Cl)cc3)n2)cc1. The third-order valence-corrected chi connectivity index (χ3v) is 7.05. The molecule has 1 aliphatic rings. The summed E-state index contributed by atoms with van der Waals surface area (Å²) in [5.74, 6) is 0.444. The number of nitrogens with zero attached hydrogens (tertiary/aromatic N) is 1. The van der Waals surface area contributed by atoms with E-state index < -0.39 is 0 Å². The Kier molecular flexibility index (Phi) is 8.60. The topological polar surface area (TPSA) is 92.4 Å². The summed E-state index contributed by atoms with van der Waals surface area (Å²) in [7, 11) is 0. The Bertz CT molecular complexity index is 1130. The number of carbonyl (C=O) groups excluding carboxylic acids is 2. The number of thiazole rings is 1. The van der Waals surface area contributed by atoms with E-state index in [1.54, 1.807) is 29.6 Å². The third kappa shape index (κ3) is 7.19. The van der Waals surface area contributed by atoms with Gasteiger partial charge in [0.05, 0.1) is 6.04 Å². The maximum absolute atomic E-state index is 12.9. The van der Waals surface area contributed by atoms with Crippen LogP contribution in [-0.2, 0) is 13.0 Å². The molecule has 1 saturated carbocycles. The van der Waals surface area contributed by atoms with Gasteiger partial charge in [-0.3, -0.25) is 4.79 Å². The lowest BCUT2D eigenvalue weighted by Crippen LogP contribution is -2.54. The highest BCUT2D eigenvalue weighted by molar-refractivity contribution is 7.09. The van der Waals surface area contributed by atoms with E-state index in [1.165, 1.54) is 16.9 Å². The van der Waals surface area contributed by atoms with Crippen molar-refractivity contribution in [2.75, 3.05) is 5.32 Å². The highest BCUT2D eigenvalue weighted by Gasteiger charge is 2.28. The van der Waals surface area contributed by atoms with Crippen molar-refractivity contribution in [3.63, 3.8) is 0 Å². The van der Waals surface area contributed by atoms with Crippen molar-refractivity contribution in [3.8, 4) is 5.75 Å². The monoisotopic (exact) mass is 512 g/mol. The van der Waals surface area contributed by atoms with Gasteiger partial charge in [-0.1, -0.05) is 43.5 Å². The van der Waals surface area contributed by atoms with E-state index in [0.29, 0.717) is 21.5 Å².